The van der Waals surface area contributed by atoms with Crippen molar-refractivity contribution in [3.8, 4) is 11.8 Å². The van der Waals surface area contributed by atoms with E-state index in [1.165, 1.54) is 21.1 Å². The van der Waals surface area contributed by atoms with E-state index in [0.717, 1.165) is 39.0 Å². The third-order valence-corrected chi connectivity index (χ3v) is 15.3. The van der Waals surface area contributed by atoms with E-state index in [4.69, 9.17) is 18.9 Å². The molecule has 1 aliphatic carbocycles. The number of fused-ring (bicyclic) bond motifs is 6. The van der Waals surface area contributed by atoms with E-state index >= 15 is 4.79 Å². The molecule has 3 aromatic rings. The number of rotatable bonds is 7. The Balaban J connectivity index is 1.37. The predicted molar refractivity (Wildman–Crippen MR) is 223 cm³/mol. The SMILES string of the molecule is CCC1=CC2CN(CCc3c([nH]c4ccccc34)[C@@](C(=O)OC)(c3cc4c(cc3OC)N(C)[C@H]3[C@@](O)(C(=O)OC)[C@H](OC(C)=O)[C@]5(CC)C=CCN6CC[C@]43[C@@H]65)C2)[C@H]1C#N. The highest BCUT2D eigenvalue weighted by molar-refractivity contribution is 5.95. The number of hydrogen-bond acceptors (Lipinski definition) is 12. The van der Waals surface area contributed by atoms with Crippen molar-refractivity contribution in [1.29, 1.82) is 5.26 Å². The van der Waals surface area contributed by atoms with Crippen molar-refractivity contribution >= 4 is 34.5 Å². The summed E-state index contributed by atoms with van der Waals surface area (Å²) in [7, 11) is 6.14. The number of aromatic amines is 1. The maximum atomic E-state index is 15.4. The fraction of sp³-hybridized carbons (Fsp3) is 0.532. The summed E-state index contributed by atoms with van der Waals surface area (Å²) in [4.78, 5) is 53.1. The molecule has 13 nitrogen and oxygen atoms in total. The summed E-state index contributed by atoms with van der Waals surface area (Å²) >= 11 is 0. The normalized spacial score (nSPS) is 35.0. The number of carbonyl (C=O) groups is 3. The summed E-state index contributed by atoms with van der Waals surface area (Å²) in [6.07, 6.45) is 7.65. The van der Waals surface area contributed by atoms with Gasteiger partial charge in [0, 0.05) is 84.4 Å². The van der Waals surface area contributed by atoms with E-state index < -0.39 is 51.9 Å². The molecule has 0 amide bonds. The highest BCUT2D eigenvalue weighted by Crippen LogP contribution is 2.68. The number of benzene rings is 2. The van der Waals surface area contributed by atoms with E-state index in [1.54, 1.807) is 7.11 Å². The number of esters is 3. The summed E-state index contributed by atoms with van der Waals surface area (Å²) < 4.78 is 24.0. The lowest BCUT2D eigenvalue weighted by atomic mass is 9.47. The molecule has 0 radical (unpaired) electrons. The fourth-order valence-corrected chi connectivity index (χ4v) is 13.3. The zero-order valence-electron chi connectivity index (χ0n) is 35.5. The van der Waals surface area contributed by atoms with Gasteiger partial charge in [0.15, 0.2) is 6.10 Å². The van der Waals surface area contributed by atoms with Crippen LogP contribution in [0.5, 0.6) is 5.75 Å². The van der Waals surface area contributed by atoms with Crippen LogP contribution in [0.4, 0.5) is 5.69 Å². The summed E-state index contributed by atoms with van der Waals surface area (Å²) in [5, 5.41) is 24.8. The first-order valence-corrected chi connectivity index (χ1v) is 21.2. The molecule has 2 fully saturated rings. The lowest BCUT2D eigenvalue weighted by Crippen LogP contribution is -2.81. The number of nitrogens with zero attached hydrogens (tertiary/aromatic N) is 4. The highest BCUT2D eigenvalue weighted by atomic mass is 16.6. The number of aliphatic hydroxyl groups is 1. The Morgan fingerprint density at radius 2 is 1.78 bits per heavy atom. The molecule has 10 atom stereocenters. The van der Waals surface area contributed by atoms with Gasteiger partial charge < -0.3 is 33.9 Å². The zero-order chi connectivity index (χ0) is 42.5. The third-order valence-electron chi connectivity index (χ3n) is 15.3. The van der Waals surface area contributed by atoms with Crippen LogP contribution in [0.1, 0.15) is 68.8 Å². The molecular weight excluding hydrogens is 763 g/mol. The van der Waals surface area contributed by atoms with Crippen LogP contribution in [-0.2, 0) is 45.8 Å². The molecule has 316 valence electrons. The Labute approximate surface area is 350 Å². The van der Waals surface area contributed by atoms with Gasteiger partial charge in [0.2, 0.25) is 5.60 Å². The molecule has 5 aliphatic heterocycles. The second kappa shape index (κ2) is 14.2. The van der Waals surface area contributed by atoms with Gasteiger partial charge in [-0.2, -0.15) is 5.26 Å². The number of hydrogen-bond donors (Lipinski definition) is 2. The van der Waals surface area contributed by atoms with Crippen LogP contribution < -0.4 is 9.64 Å². The number of para-hydroxylation sites is 1. The quantitative estimate of drug-likeness (QED) is 0.193. The molecule has 1 spiro atoms. The summed E-state index contributed by atoms with van der Waals surface area (Å²) in [6.45, 7) is 7.89. The molecule has 6 heterocycles. The van der Waals surface area contributed by atoms with Gasteiger partial charge in [-0.15, -0.1) is 0 Å². The standard InChI is InChI=1S/C47H55N5O8/c1-8-29-21-28-24-46(42(54)58-6,38-31(15-19-52(26-28)36(29)25-48)30-13-10-11-14-34(30)49-38)33-22-32-35(23-37(33)57-5)50(4)40-45(32)17-20-51-18-12-16-44(9-2,39(45)51)41(60-27(3)53)47(40,56)43(55)59-7/h10-14,16,21-23,28,36,39-41,49,56H,8-9,15,17-20,24,26H2,1-7H3/t28?,36-,39-,40+,41+,44+,45+,46-,47-/m0/s1. The molecule has 1 saturated heterocycles. The van der Waals surface area contributed by atoms with Crippen LogP contribution in [0.2, 0.25) is 0 Å². The van der Waals surface area contributed by atoms with E-state index in [2.05, 4.69) is 52.1 Å². The van der Waals surface area contributed by atoms with E-state index in [-0.39, 0.29) is 18.0 Å². The molecule has 13 heteroatoms. The maximum Gasteiger partial charge on any atom is 0.344 e. The van der Waals surface area contributed by atoms with Crippen molar-refractivity contribution < 1.29 is 38.4 Å². The second-order valence-corrected chi connectivity index (χ2v) is 17.7. The van der Waals surface area contributed by atoms with Crippen molar-refractivity contribution in [2.75, 3.05) is 59.5 Å². The number of carbonyl (C=O) groups excluding carboxylic acids is 3. The van der Waals surface area contributed by atoms with Crippen LogP contribution in [-0.4, -0.2) is 122 Å². The number of H-pyrrole nitrogens is 1. The molecular formula is C47H55N5O8. The van der Waals surface area contributed by atoms with Crippen molar-refractivity contribution in [2.45, 2.75) is 93.5 Å². The number of anilines is 1. The monoisotopic (exact) mass is 817 g/mol. The largest absolute Gasteiger partial charge is 0.496 e. The molecule has 9 rings (SSSR count). The molecule has 2 unspecified atom stereocenters. The van der Waals surface area contributed by atoms with Crippen LogP contribution in [0.25, 0.3) is 10.9 Å². The van der Waals surface area contributed by atoms with Crippen molar-refractivity contribution in [3.05, 3.63) is 82.6 Å². The highest BCUT2D eigenvalue weighted by Gasteiger charge is 2.80. The van der Waals surface area contributed by atoms with Gasteiger partial charge in [0.1, 0.15) is 17.2 Å². The Hall–Kier alpha value is -5.16. The lowest BCUT2D eigenvalue weighted by Gasteiger charge is -2.63. The number of likely N-dealkylation sites (N-methyl/N-ethyl adjacent to an activating group) is 1. The van der Waals surface area contributed by atoms with Gasteiger partial charge in [0.25, 0.3) is 0 Å². The van der Waals surface area contributed by atoms with Crippen LogP contribution >= 0.6 is 0 Å². The zero-order valence-corrected chi connectivity index (χ0v) is 35.5. The molecule has 2 N–H and O–H groups in total. The Bertz CT molecular complexity index is 2400. The molecule has 6 aliphatic rings. The predicted octanol–water partition coefficient (Wildman–Crippen LogP) is 4.69. The molecule has 1 aromatic heterocycles. The van der Waals surface area contributed by atoms with Gasteiger partial charge >= 0.3 is 17.9 Å². The molecule has 2 aromatic carbocycles. The molecule has 1 saturated carbocycles. The number of methoxy groups -OCH3 is 3. The van der Waals surface area contributed by atoms with Gasteiger partial charge in [-0.05, 0) is 73.4 Å². The van der Waals surface area contributed by atoms with E-state index in [1.807, 2.05) is 49.2 Å². The number of nitriles is 1. The minimum atomic E-state index is -2.31. The van der Waals surface area contributed by atoms with E-state index in [0.29, 0.717) is 69.6 Å². The average Bonchev–Trinajstić information content (AvgIpc) is 3.92. The average molecular weight is 818 g/mol. The Morgan fingerprint density at radius 3 is 2.47 bits per heavy atom. The summed E-state index contributed by atoms with van der Waals surface area (Å²) in [6, 6.07) is 13.1. The van der Waals surface area contributed by atoms with Crippen molar-refractivity contribution in [2.24, 2.45) is 11.3 Å². The van der Waals surface area contributed by atoms with Gasteiger partial charge in [0.05, 0.1) is 33.4 Å². The third kappa shape index (κ3) is 5.04. The minimum Gasteiger partial charge on any atom is -0.496 e. The number of ether oxygens (including phenoxy) is 4. The first-order valence-electron chi connectivity index (χ1n) is 21.2. The number of aromatic nitrogens is 1. The number of nitrogens with one attached hydrogen (secondary N) is 1. The topological polar surface area (TPSA) is 158 Å². The van der Waals surface area contributed by atoms with Crippen molar-refractivity contribution in [1.82, 2.24) is 14.8 Å². The first kappa shape index (κ1) is 40.3. The maximum absolute atomic E-state index is 15.4. The first-order chi connectivity index (χ1) is 28.9. The fourth-order valence-electron chi connectivity index (χ4n) is 13.3. The Morgan fingerprint density at radius 1 is 1.02 bits per heavy atom. The lowest BCUT2D eigenvalue weighted by molar-refractivity contribution is -0.228. The summed E-state index contributed by atoms with van der Waals surface area (Å²) in [5.74, 6) is -1.63. The van der Waals surface area contributed by atoms with Gasteiger partial charge in [-0.3, -0.25) is 19.4 Å². The van der Waals surface area contributed by atoms with Crippen LogP contribution in [0.3, 0.4) is 0 Å². The van der Waals surface area contributed by atoms with Gasteiger partial charge in [-0.1, -0.05) is 50.3 Å². The van der Waals surface area contributed by atoms with Crippen LogP contribution in [0.15, 0.2) is 60.2 Å². The minimum absolute atomic E-state index is 0.144. The smallest absolute Gasteiger partial charge is 0.344 e. The van der Waals surface area contributed by atoms with Gasteiger partial charge in [-0.25, -0.2) is 4.79 Å². The second-order valence-electron chi connectivity index (χ2n) is 17.7. The Kier molecular flexibility index (Phi) is 9.54. The molecule has 60 heavy (non-hydrogen) atoms. The molecule has 2 bridgehead atoms. The van der Waals surface area contributed by atoms with Crippen molar-refractivity contribution in [3.63, 3.8) is 0 Å². The summed E-state index contributed by atoms with van der Waals surface area (Å²) in [5.41, 5.74) is 0.195. The van der Waals surface area contributed by atoms with E-state index in [9.17, 15) is 20.0 Å². The van der Waals surface area contributed by atoms with Crippen LogP contribution in [0, 0.1) is 22.7 Å².